The number of carbonyl (C=O) groups is 1. The highest BCUT2D eigenvalue weighted by molar-refractivity contribution is 5.94. The van der Waals surface area contributed by atoms with E-state index >= 15 is 0 Å². The zero-order valence-electron chi connectivity index (χ0n) is 16.7. The summed E-state index contributed by atoms with van der Waals surface area (Å²) in [5, 5.41) is 6.95. The van der Waals surface area contributed by atoms with Crippen molar-refractivity contribution in [3.05, 3.63) is 60.2 Å². The Kier molecular flexibility index (Phi) is 6.04. The number of hydrogen-bond acceptors (Lipinski definition) is 6. The number of benzene rings is 2. The number of nitrogens with one attached hydrogen (secondary N) is 1. The van der Waals surface area contributed by atoms with E-state index in [1.54, 1.807) is 19.2 Å². The average Bonchev–Trinajstić information content (AvgIpc) is 3.23. The maximum absolute atomic E-state index is 13.1. The minimum atomic E-state index is -0.305. The number of hydrogen-bond donors (Lipinski definition) is 1. The van der Waals surface area contributed by atoms with E-state index in [0.717, 1.165) is 25.9 Å². The highest BCUT2D eigenvalue weighted by Gasteiger charge is 2.26. The first-order chi connectivity index (χ1) is 14.6. The highest BCUT2D eigenvalue weighted by Crippen LogP contribution is 2.26. The third-order valence-electron chi connectivity index (χ3n) is 5.25. The molecule has 1 saturated heterocycles. The van der Waals surface area contributed by atoms with Crippen LogP contribution in [0.2, 0.25) is 0 Å². The van der Waals surface area contributed by atoms with Gasteiger partial charge in [-0.2, -0.15) is 4.98 Å². The first-order valence-corrected chi connectivity index (χ1v) is 9.87. The van der Waals surface area contributed by atoms with E-state index in [9.17, 15) is 9.18 Å². The smallest absolute Gasteiger partial charge is 0.241 e. The quantitative estimate of drug-likeness (QED) is 0.667. The second kappa shape index (κ2) is 9.04. The van der Waals surface area contributed by atoms with Crippen LogP contribution in [-0.2, 0) is 11.3 Å². The molecule has 2 heterocycles. The van der Waals surface area contributed by atoms with E-state index < -0.39 is 0 Å². The van der Waals surface area contributed by atoms with Gasteiger partial charge in [0.05, 0.1) is 19.3 Å². The van der Waals surface area contributed by atoms with Crippen LogP contribution in [-0.4, -0.2) is 41.1 Å². The van der Waals surface area contributed by atoms with Crippen LogP contribution in [0.5, 0.6) is 5.75 Å². The van der Waals surface area contributed by atoms with Crippen molar-refractivity contribution >= 4 is 11.6 Å². The first-order valence-electron chi connectivity index (χ1n) is 9.87. The first kappa shape index (κ1) is 20.0. The number of halogens is 1. The van der Waals surface area contributed by atoms with Gasteiger partial charge in [-0.05, 0) is 62.3 Å². The topological polar surface area (TPSA) is 80.5 Å². The van der Waals surface area contributed by atoms with Crippen molar-refractivity contribution in [2.45, 2.75) is 19.4 Å². The SMILES string of the molecule is COc1ccccc1NC(=O)C1CCN(Cc2nc(-c3ccc(F)cc3)no2)CC1. The molecule has 0 saturated carbocycles. The van der Waals surface area contributed by atoms with Gasteiger partial charge in [0.15, 0.2) is 0 Å². The van der Waals surface area contributed by atoms with E-state index in [1.165, 1.54) is 12.1 Å². The summed E-state index contributed by atoms with van der Waals surface area (Å²) < 4.78 is 23.7. The number of amides is 1. The maximum Gasteiger partial charge on any atom is 0.241 e. The van der Waals surface area contributed by atoms with Crippen LogP contribution in [0.25, 0.3) is 11.4 Å². The molecule has 30 heavy (non-hydrogen) atoms. The van der Waals surface area contributed by atoms with Crippen molar-refractivity contribution < 1.29 is 18.4 Å². The van der Waals surface area contributed by atoms with Gasteiger partial charge in [-0.1, -0.05) is 17.3 Å². The number of likely N-dealkylation sites (tertiary alicyclic amines) is 1. The van der Waals surface area contributed by atoms with Crippen LogP contribution in [0, 0.1) is 11.7 Å². The van der Waals surface area contributed by atoms with Gasteiger partial charge in [-0.25, -0.2) is 4.39 Å². The molecule has 1 N–H and O–H groups in total. The Balaban J connectivity index is 1.29. The molecule has 0 spiro atoms. The zero-order chi connectivity index (χ0) is 20.9. The molecule has 0 unspecified atom stereocenters. The molecule has 0 atom stereocenters. The average molecular weight is 410 g/mol. The summed E-state index contributed by atoms with van der Waals surface area (Å²) in [5.74, 6) is 1.25. The van der Waals surface area contributed by atoms with Gasteiger partial charge in [0.25, 0.3) is 0 Å². The summed E-state index contributed by atoms with van der Waals surface area (Å²) in [6, 6.07) is 13.4. The van der Waals surface area contributed by atoms with Gasteiger partial charge in [-0.15, -0.1) is 0 Å². The van der Waals surface area contributed by atoms with E-state index in [2.05, 4.69) is 20.4 Å². The molecule has 1 amide bonds. The van der Waals surface area contributed by atoms with E-state index in [-0.39, 0.29) is 17.6 Å². The molecular weight excluding hydrogens is 387 g/mol. The third kappa shape index (κ3) is 4.65. The fourth-order valence-corrected chi connectivity index (χ4v) is 3.56. The molecule has 1 fully saturated rings. The largest absolute Gasteiger partial charge is 0.495 e. The second-order valence-corrected chi connectivity index (χ2v) is 7.26. The maximum atomic E-state index is 13.1. The predicted molar refractivity (Wildman–Crippen MR) is 109 cm³/mol. The number of methoxy groups -OCH3 is 1. The summed E-state index contributed by atoms with van der Waals surface area (Å²) in [4.78, 5) is 19.2. The van der Waals surface area contributed by atoms with E-state index in [4.69, 9.17) is 9.26 Å². The fraction of sp³-hybridized carbons (Fsp3) is 0.318. The number of rotatable bonds is 6. The molecule has 156 valence electrons. The summed E-state index contributed by atoms with van der Waals surface area (Å²) in [6.07, 6.45) is 1.50. The Labute approximate surface area is 173 Å². The lowest BCUT2D eigenvalue weighted by molar-refractivity contribution is -0.121. The van der Waals surface area contributed by atoms with Crippen molar-refractivity contribution in [2.24, 2.45) is 5.92 Å². The van der Waals surface area contributed by atoms with E-state index in [0.29, 0.717) is 35.3 Å². The summed E-state index contributed by atoms with van der Waals surface area (Å²) in [6.45, 7) is 2.05. The lowest BCUT2D eigenvalue weighted by atomic mass is 9.96. The molecule has 1 aliphatic heterocycles. The number of aromatic nitrogens is 2. The van der Waals surface area contributed by atoms with Gasteiger partial charge in [0.1, 0.15) is 11.6 Å². The molecule has 0 bridgehead atoms. The van der Waals surface area contributed by atoms with Crippen molar-refractivity contribution in [1.82, 2.24) is 15.0 Å². The Morgan fingerprint density at radius 2 is 1.93 bits per heavy atom. The van der Waals surface area contributed by atoms with Gasteiger partial charge in [-0.3, -0.25) is 9.69 Å². The lowest BCUT2D eigenvalue weighted by Crippen LogP contribution is -2.37. The molecule has 2 aromatic carbocycles. The van der Waals surface area contributed by atoms with Gasteiger partial charge in [0.2, 0.25) is 17.6 Å². The van der Waals surface area contributed by atoms with Crippen molar-refractivity contribution in [3.63, 3.8) is 0 Å². The molecule has 0 aliphatic carbocycles. The third-order valence-corrected chi connectivity index (χ3v) is 5.25. The monoisotopic (exact) mass is 410 g/mol. The summed E-state index contributed by atoms with van der Waals surface area (Å²) in [5.41, 5.74) is 1.39. The molecule has 1 aromatic heterocycles. The molecule has 0 radical (unpaired) electrons. The lowest BCUT2D eigenvalue weighted by Gasteiger charge is -2.30. The molecular formula is C22H23FN4O3. The molecule has 3 aromatic rings. The molecule has 4 rings (SSSR count). The van der Waals surface area contributed by atoms with Gasteiger partial charge < -0.3 is 14.6 Å². The Bertz CT molecular complexity index is 998. The van der Waals surface area contributed by atoms with Crippen molar-refractivity contribution in [1.29, 1.82) is 0 Å². The van der Waals surface area contributed by atoms with Crippen molar-refractivity contribution in [2.75, 3.05) is 25.5 Å². The summed E-state index contributed by atoms with van der Waals surface area (Å²) in [7, 11) is 1.59. The Morgan fingerprint density at radius 3 is 2.67 bits per heavy atom. The molecule has 8 heteroatoms. The van der Waals surface area contributed by atoms with Crippen LogP contribution < -0.4 is 10.1 Å². The van der Waals surface area contributed by atoms with Crippen molar-refractivity contribution in [3.8, 4) is 17.1 Å². The molecule has 7 nitrogen and oxygen atoms in total. The van der Waals surface area contributed by atoms with Crippen LogP contribution in [0.4, 0.5) is 10.1 Å². The standard InChI is InChI=1S/C22H23FN4O3/c1-29-19-5-3-2-4-18(19)24-22(28)16-10-12-27(13-11-16)14-20-25-21(26-30-20)15-6-8-17(23)9-7-15/h2-9,16H,10-14H2,1H3,(H,24,28). The number of ether oxygens (including phenoxy) is 1. The number of anilines is 1. The molecule has 1 aliphatic rings. The number of piperidine rings is 1. The normalized spacial score (nSPS) is 15.1. The minimum absolute atomic E-state index is 0.00976. The zero-order valence-corrected chi connectivity index (χ0v) is 16.7. The van der Waals surface area contributed by atoms with Gasteiger partial charge >= 0.3 is 0 Å². The fourth-order valence-electron chi connectivity index (χ4n) is 3.56. The van der Waals surface area contributed by atoms with Gasteiger partial charge in [0, 0.05) is 11.5 Å². The van der Waals surface area contributed by atoms with Crippen LogP contribution in [0.1, 0.15) is 18.7 Å². The number of nitrogens with zero attached hydrogens (tertiary/aromatic N) is 3. The summed E-state index contributed by atoms with van der Waals surface area (Å²) >= 11 is 0. The van der Waals surface area contributed by atoms with Crippen LogP contribution in [0.15, 0.2) is 53.1 Å². The second-order valence-electron chi connectivity index (χ2n) is 7.26. The Hall–Kier alpha value is -3.26. The van der Waals surface area contributed by atoms with Crippen LogP contribution >= 0.6 is 0 Å². The Morgan fingerprint density at radius 1 is 1.20 bits per heavy atom. The highest BCUT2D eigenvalue weighted by atomic mass is 19.1. The minimum Gasteiger partial charge on any atom is -0.495 e. The predicted octanol–water partition coefficient (Wildman–Crippen LogP) is 3.74. The number of para-hydroxylation sites is 2. The van der Waals surface area contributed by atoms with E-state index in [1.807, 2.05) is 24.3 Å². The number of carbonyl (C=O) groups excluding carboxylic acids is 1. The van der Waals surface area contributed by atoms with Crippen LogP contribution in [0.3, 0.4) is 0 Å².